The first-order valence-electron chi connectivity index (χ1n) is 15.7. The number of benzene rings is 4. The molecule has 0 bridgehead atoms. The van der Waals surface area contributed by atoms with E-state index in [1.165, 1.54) is 0 Å². The fourth-order valence-electron chi connectivity index (χ4n) is 5.14. The van der Waals surface area contributed by atoms with Crippen molar-refractivity contribution in [2.45, 2.75) is 38.9 Å². The summed E-state index contributed by atoms with van der Waals surface area (Å²) in [6, 6.07) is 33.9. The third-order valence-electron chi connectivity index (χ3n) is 7.69. The van der Waals surface area contributed by atoms with Crippen LogP contribution in [0.1, 0.15) is 36.8 Å². The summed E-state index contributed by atoms with van der Waals surface area (Å²) in [5.74, 6) is 1.20. The quantitative estimate of drug-likeness (QED) is 0.0735. The average molecular weight is 625 g/mol. The maximum absolute atomic E-state index is 12.8. The predicted molar refractivity (Wildman–Crippen MR) is 173 cm³/mol. The molecule has 0 N–H and O–H groups in total. The van der Waals surface area contributed by atoms with E-state index in [1.807, 2.05) is 60.7 Å². The van der Waals surface area contributed by atoms with Gasteiger partial charge in [-0.25, -0.2) is 0 Å². The number of carbonyl (C=O) groups is 2. The first kappa shape index (κ1) is 32.7. The molecule has 0 unspecified atom stereocenters. The Kier molecular flexibility index (Phi) is 12.6. The van der Waals surface area contributed by atoms with Crippen molar-refractivity contribution in [1.82, 2.24) is 0 Å². The third kappa shape index (κ3) is 10.8. The lowest BCUT2D eigenvalue weighted by molar-refractivity contribution is -0.145. The topological polar surface area (TPSA) is 89.5 Å². The van der Waals surface area contributed by atoms with Gasteiger partial charge < -0.3 is 28.4 Å². The van der Waals surface area contributed by atoms with Crippen LogP contribution in [0, 0.1) is 11.8 Å². The average Bonchev–Trinajstić information content (AvgIpc) is 3.10. The standard InChI is InChI=1S/C38H40O8/c39-37(45-35-19-15-33(16-20-35)43-25-23-41-27-29-7-3-1-4-8-29)31-11-13-32(14-12-31)38(40)46-36-21-17-34(18-22-36)44-26-24-42-28-30-9-5-2-6-10-30/h1-10,15-22,31-32H,11-14,23-28H2/t31-,32-. The van der Waals surface area contributed by atoms with Gasteiger partial charge in [0, 0.05) is 0 Å². The van der Waals surface area contributed by atoms with Crippen molar-refractivity contribution in [3.8, 4) is 23.0 Å². The second-order valence-corrected chi connectivity index (χ2v) is 11.1. The molecule has 1 aliphatic carbocycles. The molecular weight excluding hydrogens is 584 g/mol. The summed E-state index contributed by atoms with van der Waals surface area (Å²) in [6.45, 7) is 2.86. The highest BCUT2D eigenvalue weighted by molar-refractivity contribution is 5.77. The Morgan fingerprint density at radius 1 is 0.457 bits per heavy atom. The third-order valence-corrected chi connectivity index (χ3v) is 7.69. The zero-order valence-corrected chi connectivity index (χ0v) is 25.9. The second-order valence-electron chi connectivity index (χ2n) is 11.1. The molecular formula is C38H40O8. The van der Waals surface area contributed by atoms with Crippen LogP contribution in [0.4, 0.5) is 0 Å². The van der Waals surface area contributed by atoms with Crippen LogP contribution in [0.3, 0.4) is 0 Å². The number of hydrogen-bond donors (Lipinski definition) is 0. The summed E-state index contributed by atoms with van der Waals surface area (Å²) in [5, 5.41) is 0. The van der Waals surface area contributed by atoms with E-state index in [4.69, 9.17) is 28.4 Å². The molecule has 1 saturated carbocycles. The maximum Gasteiger partial charge on any atom is 0.314 e. The molecule has 0 spiro atoms. The largest absolute Gasteiger partial charge is 0.491 e. The van der Waals surface area contributed by atoms with Crippen LogP contribution >= 0.6 is 0 Å². The molecule has 0 amide bonds. The van der Waals surface area contributed by atoms with Crippen LogP contribution in [-0.4, -0.2) is 38.4 Å². The summed E-state index contributed by atoms with van der Waals surface area (Å²) in [7, 11) is 0. The van der Waals surface area contributed by atoms with Gasteiger partial charge in [0.15, 0.2) is 0 Å². The molecule has 4 aromatic carbocycles. The van der Waals surface area contributed by atoms with Gasteiger partial charge >= 0.3 is 11.9 Å². The van der Waals surface area contributed by atoms with Gasteiger partial charge in [-0.2, -0.15) is 0 Å². The lowest BCUT2D eigenvalue weighted by Crippen LogP contribution is -2.30. The van der Waals surface area contributed by atoms with Crippen molar-refractivity contribution >= 4 is 11.9 Å². The summed E-state index contributed by atoms with van der Waals surface area (Å²) < 4.78 is 33.9. The summed E-state index contributed by atoms with van der Waals surface area (Å²) in [5.41, 5.74) is 2.24. The highest BCUT2D eigenvalue weighted by Gasteiger charge is 2.32. The van der Waals surface area contributed by atoms with E-state index < -0.39 is 0 Å². The van der Waals surface area contributed by atoms with Crippen molar-refractivity contribution in [3.05, 3.63) is 120 Å². The Balaban J connectivity index is 0.943. The molecule has 8 nitrogen and oxygen atoms in total. The van der Waals surface area contributed by atoms with E-state index in [2.05, 4.69) is 0 Å². The Hall–Kier alpha value is -4.66. The molecule has 0 atom stereocenters. The fraction of sp³-hybridized carbons (Fsp3) is 0.316. The van der Waals surface area contributed by atoms with E-state index in [0.29, 0.717) is 88.3 Å². The van der Waals surface area contributed by atoms with Crippen LogP contribution in [0.25, 0.3) is 0 Å². The molecule has 1 aliphatic rings. The van der Waals surface area contributed by atoms with E-state index in [1.54, 1.807) is 48.5 Å². The Morgan fingerprint density at radius 2 is 0.804 bits per heavy atom. The first-order chi connectivity index (χ1) is 22.6. The van der Waals surface area contributed by atoms with Gasteiger partial charge in [-0.05, 0) is 85.3 Å². The molecule has 0 aromatic heterocycles. The number of hydrogen-bond acceptors (Lipinski definition) is 8. The molecule has 0 aliphatic heterocycles. The summed E-state index contributed by atoms with van der Waals surface area (Å²) >= 11 is 0. The Bertz CT molecular complexity index is 1350. The van der Waals surface area contributed by atoms with Crippen molar-refractivity contribution in [3.63, 3.8) is 0 Å². The number of ether oxygens (including phenoxy) is 6. The molecule has 8 heteroatoms. The monoisotopic (exact) mass is 624 g/mol. The molecule has 1 fully saturated rings. The van der Waals surface area contributed by atoms with Crippen molar-refractivity contribution in [2.24, 2.45) is 11.8 Å². The fourth-order valence-corrected chi connectivity index (χ4v) is 5.14. The van der Waals surface area contributed by atoms with E-state index in [9.17, 15) is 9.59 Å². The molecule has 4 aromatic rings. The first-order valence-corrected chi connectivity index (χ1v) is 15.7. The van der Waals surface area contributed by atoms with Crippen LogP contribution in [-0.2, 0) is 32.3 Å². The van der Waals surface area contributed by atoms with Gasteiger partial charge in [0.1, 0.15) is 36.2 Å². The van der Waals surface area contributed by atoms with Crippen LogP contribution in [0.2, 0.25) is 0 Å². The zero-order valence-electron chi connectivity index (χ0n) is 25.9. The van der Waals surface area contributed by atoms with Gasteiger partial charge in [-0.15, -0.1) is 0 Å². The van der Waals surface area contributed by atoms with Crippen LogP contribution in [0.15, 0.2) is 109 Å². The maximum atomic E-state index is 12.8. The van der Waals surface area contributed by atoms with E-state index >= 15 is 0 Å². The van der Waals surface area contributed by atoms with Crippen molar-refractivity contribution < 1.29 is 38.0 Å². The second kappa shape index (κ2) is 17.7. The summed E-state index contributed by atoms with van der Waals surface area (Å²) in [6.07, 6.45) is 2.29. The smallest absolute Gasteiger partial charge is 0.314 e. The molecule has 5 rings (SSSR count). The van der Waals surface area contributed by atoms with Gasteiger partial charge in [-0.3, -0.25) is 9.59 Å². The lowest BCUT2D eigenvalue weighted by atomic mass is 9.82. The molecule has 240 valence electrons. The number of esters is 2. The van der Waals surface area contributed by atoms with E-state index in [0.717, 1.165) is 11.1 Å². The van der Waals surface area contributed by atoms with Gasteiger partial charge in [0.05, 0.1) is 38.3 Å². The normalized spacial score (nSPS) is 15.9. The molecule has 0 heterocycles. The summed E-state index contributed by atoms with van der Waals surface area (Å²) in [4.78, 5) is 25.6. The van der Waals surface area contributed by atoms with Crippen LogP contribution < -0.4 is 18.9 Å². The van der Waals surface area contributed by atoms with Gasteiger partial charge in [0.2, 0.25) is 0 Å². The number of rotatable bonds is 16. The Labute approximate surface area is 270 Å². The SMILES string of the molecule is O=C(Oc1ccc(OCCOCc2ccccc2)cc1)[C@H]1CC[C@H](C(=O)Oc2ccc(OCCOCc3ccccc3)cc2)CC1. The highest BCUT2D eigenvalue weighted by Crippen LogP contribution is 2.32. The minimum absolute atomic E-state index is 0.255. The zero-order chi connectivity index (χ0) is 31.8. The molecule has 0 radical (unpaired) electrons. The van der Waals surface area contributed by atoms with Gasteiger partial charge in [0.25, 0.3) is 0 Å². The lowest BCUT2D eigenvalue weighted by Gasteiger charge is -2.25. The highest BCUT2D eigenvalue weighted by atomic mass is 16.5. The minimum atomic E-state index is -0.282. The molecule has 0 saturated heterocycles. The van der Waals surface area contributed by atoms with Crippen molar-refractivity contribution in [1.29, 1.82) is 0 Å². The molecule has 46 heavy (non-hydrogen) atoms. The van der Waals surface area contributed by atoms with Gasteiger partial charge in [-0.1, -0.05) is 60.7 Å². The predicted octanol–water partition coefficient (Wildman–Crippen LogP) is 7.20. The van der Waals surface area contributed by atoms with Crippen LogP contribution in [0.5, 0.6) is 23.0 Å². The number of carbonyl (C=O) groups excluding carboxylic acids is 2. The minimum Gasteiger partial charge on any atom is -0.491 e. The van der Waals surface area contributed by atoms with Crippen molar-refractivity contribution in [2.75, 3.05) is 26.4 Å². The Morgan fingerprint density at radius 3 is 1.17 bits per heavy atom. The van der Waals surface area contributed by atoms with E-state index in [-0.39, 0.29) is 23.8 Å².